The van der Waals surface area contributed by atoms with Crippen LogP contribution in [0.15, 0.2) is 18.2 Å². The summed E-state index contributed by atoms with van der Waals surface area (Å²) in [7, 11) is 0. The lowest BCUT2D eigenvalue weighted by molar-refractivity contribution is 0.370. The van der Waals surface area contributed by atoms with Gasteiger partial charge in [-0.2, -0.15) is 0 Å². The van der Waals surface area contributed by atoms with Gasteiger partial charge in [0.05, 0.1) is 5.02 Å². The standard InChI is InChI=1S/C12H18ClFN2/c1-3-8(2)12(16-15)7-9-4-5-11(14)10(13)6-9/h4-6,8,12,16H,3,7,15H2,1-2H3. The van der Waals surface area contributed by atoms with E-state index in [4.69, 9.17) is 17.4 Å². The van der Waals surface area contributed by atoms with Crippen LogP contribution in [0.4, 0.5) is 4.39 Å². The molecule has 0 aromatic heterocycles. The van der Waals surface area contributed by atoms with Gasteiger partial charge in [-0.1, -0.05) is 37.9 Å². The van der Waals surface area contributed by atoms with Crippen molar-refractivity contribution in [3.8, 4) is 0 Å². The van der Waals surface area contributed by atoms with Crippen LogP contribution < -0.4 is 11.3 Å². The Labute approximate surface area is 101 Å². The molecule has 0 radical (unpaired) electrons. The number of hydrogen-bond donors (Lipinski definition) is 2. The van der Waals surface area contributed by atoms with Crippen molar-refractivity contribution in [2.45, 2.75) is 32.7 Å². The SMILES string of the molecule is CCC(C)C(Cc1ccc(F)c(Cl)c1)NN. The van der Waals surface area contributed by atoms with E-state index in [0.717, 1.165) is 18.4 Å². The number of halogens is 2. The lowest BCUT2D eigenvalue weighted by Gasteiger charge is -2.22. The van der Waals surface area contributed by atoms with Crippen molar-refractivity contribution in [3.05, 3.63) is 34.6 Å². The second kappa shape index (κ2) is 6.18. The van der Waals surface area contributed by atoms with E-state index in [1.54, 1.807) is 12.1 Å². The molecule has 4 heteroatoms. The molecule has 0 aliphatic rings. The van der Waals surface area contributed by atoms with Crippen molar-refractivity contribution < 1.29 is 4.39 Å². The topological polar surface area (TPSA) is 38.0 Å². The Hall–Kier alpha value is -0.640. The molecule has 2 nitrogen and oxygen atoms in total. The summed E-state index contributed by atoms with van der Waals surface area (Å²) in [6.07, 6.45) is 1.80. The summed E-state index contributed by atoms with van der Waals surface area (Å²) >= 11 is 5.73. The van der Waals surface area contributed by atoms with E-state index < -0.39 is 0 Å². The van der Waals surface area contributed by atoms with Crippen LogP contribution in [0.25, 0.3) is 0 Å². The summed E-state index contributed by atoms with van der Waals surface area (Å²) in [6, 6.07) is 4.98. The summed E-state index contributed by atoms with van der Waals surface area (Å²) < 4.78 is 13.0. The molecule has 0 aliphatic heterocycles. The summed E-state index contributed by atoms with van der Waals surface area (Å²) in [5, 5.41) is 0.164. The summed E-state index contributed by atoms with van der Waals surface area (Å²) in [4.78, 5) is 0. The Morgan fingerprint density at radius 2 is 2.19 bits per heavy atom. The molecule has 0 heterocycles. The molecule has 3 N–H and O–H groups in total. The van der Waals surface area contributed by atoms with Crippen LogP contribution in [0.3, 0.4) is 0 Å². The minimum absolute atomic E-state index is 0.164. The van der Waals surface area contributed by atoms with Crippen LogP contribution in [-0.4, -0.2) is 6.04 Å². The van der Waals surface area contributed by atoms with E-state index >= 15 is 0 Å². The van der Waals surface area contributed by atoms with E-state index in [1.165, 1.54) is 6.07 Å². The van der Waals surface area contributed by atoms with Crippen LogP contribution in [0.5, 0.6) is 0 Å². The van der Waals surface area contributed by atoms with Crippen LogP contribution in [-0.2, 0) is 6.42 Å². The Balaban J connectivity index is 2.74. The maximum atomic E-state index is 13.0. The average molecular weight is 245 g/mol. The normalized spacial score (nSPS) is 14.8. The molecule has 2 unspecified atom stereocenters. The summed E-state index contributed by atoms with van der Waals surface area (Å²) in [5.74, 6) is 5.59. The first-order valence-electron chi connectivity index (χ1n) is 5.48. The molecule has 0 aliphatic carbocycles. The lowest BCUT2D eigenvalue weighted by atomic mass is 9.93. The van der Waals surface area contributed by atoms with Gasteiger partial charge in [-0.15, -0.1) is 0 Å². The van der Waals surface area contributed by atoms with E-state index in [9.17, 15) is 4.39 Å². The molecule has 1 aromatic rings. The molecular formula is C12H18ClFN2. The minimum atomic E-state index is -0.383. The van der Waals surface area contributed by atoms with Gasteiger partial charge < -0.3 is 0 Å². The number of benzene rings is 1. The van der Waals surface area contributed by atoms with Gasteiger partial charge in [0.15, 0.2) is 0 Å². The first kappa shape index (κ1) is 13.4. The number of nitrogens with one attached hydrogen (secondary N) is 1. The first-order valence-corrected chi connectivity index (χ1v) is 5.86. The minimum Gasteiger partial charge on any atom is -0.271 e. The largest absolute Gasteiger partial charge is 0.271 e. The predicted molar refractivity (Wildman–Crippen MR) is 65.7 cm³/mol. The fourth-order valence-electron chi connectivity index (χ4n) is 1.63. The van der Waals surface area contributed by atoms with E-state index in [-0.39, 0.29) is 16.9 Å². The van der Waals surface area contributed by atoms with Crippen molar-refractivity contribution >= 4 is 11.6 Å². The molecule has 1 rings (SSSR count). The number of hydrogen-bond acceptors (Lipinski definition) is 2. The molecule has 90 valence electrons. The first-order chi connectivity index (χ1) is 7.58. The Kier molecular flexibility index (Phi) is 5.19. The zero-order valence-corrected chi connectivity index (χ0v) is 10.4. The second-order valence-corrected chi connectivity index (χ2v) is 4.52. The monoisotopic (exact) mass is 244 g/mol. The fraction of sp³-hybridized carbons (Fsp3) is 0.500. The number of rotatable bonds is 5. The molecule has 0 amide bonds. The Morgan fingerprint density at radius 1 is 1.50 bits per heavy atom. The highest BCUT2D eigenvalue weighted by atomic mass is 35.5. The van der Waals surface area contributed by atoms with Gasteiger partial charge in [0.2, 0.25) is 0 Å². The molecule has 0 bridgehead atoms. The van der Waals surface area contributed by atoms with Crippen molar-refractivity contribution in [3.63, 3.8) is 0 Å². The molecule has 1 aromatic carbocycles. The Morgan fingerprint density at radius 3 is 2.69 bits per heavy atom. The van der Waals surface area contributed by atoms with Crippen LogP contribution in [0.1, 0.15) is 25.8 Å². The van der Waals surface area contributed by atoms with Gasteiger partial charge >= 0.3 is 0 Å². The molecule has 16 heavy (non-hydrogen) atoms. The zero-order chi connectivity index (χ0) is 12.1. The third kappa shape index (κ3) is 3.44. The van der Waals surface area contributed by atoms with Gasteiger partial charge in [-0.25, -0.2) is 4.39 Å². The molecule has 0 saturated heterocycles. The highest BCUT2D eigenvalue weighted by Crippen LogP contribution is 2.19. The Bertz CT molecular complexity index is 344. The van der Waals surface area contributed by atoms with Crippen molar-refractivity contribution in [1.82, 2.24) is 5.43 Å². The predicted octanol–water partition coefficient (Wildman–Crippen LogP) is 2.90. The third-order valence-corrected chi connectivity index (χ3v) is 3.27. The summed E-state index contributed by atoms with van der Waals surface area (Å²) in [5.41, 5.74) is 3.79. The van der Waals surface area contributed by atoms with Gasteiger partial charge in [-0.05, 0) is 30.0 Å². The highest BCUT2D eigenvalue weighted by molar-refractivity contribution is 6.30. The van der Waals surface area contributed by atoms with Gasteiger partial charge in [0.25, 0.3) is 0 Å². The van der Waals surface area contributed by atoms with Crippen molar-refractivity contribution in [1.29, 1.82) is 0 Å². The molecule has 0 spiro atoms. The number of nitrogens with two attached hydrogens (primary N) is 1. The zero-order valence-electron chi connectivity index (χ0n) is 9.63. The fourth-order valence-corrected chi connectivity index (χ4v) is 1.83. The van der Waals surface area contributed by atoms with Crippen molar-refractivity contribution in [2.24, 2.45) is 11.8 Å². The maximum absolute atomic E-state index is 13.0. The number of hydrazine groups is 1. The highest BCUT2D eigenvalue weighted by Gasteiger charge is 2.15. The van der Waals surface area contributed by atoms with Crippen LogP contribution in [0, 0.1) is 11.7 Å². The van der Waals surface area contributed by atoms with Gasteiger partial charge in [0.1, 0.15) is 5.82 Å². The maximum Gasteiger partial charge on any atom is 0.141 e. The summed E-state index contributed by atoms with van der Waals surface area (Å²) in [6.45, 7) is 4.25. The smallest absolute Gasteiger partial charge is 0.141 e. The van der Waals surface area contributed by atoms with E-state index in [0.29, 0.717) is 5.92 Å². The molecule has 0 saturated carbocycles. The average Bonchev–Trinajstić information content (AvgIpc) is 2.29. The third-order valence-electron chi connectivity index (χ3n) is 2.98. The second-order valence-electron chi connectivity index (χ2n) is 4.11. The lowest BCUT2D eigenvalue weighted by Crippen LogP contribution is -2.41. The van der Waals surface area contributed by atoms with E-state index in [2.05, 4.69) is 19.3 Å². The molecule has 0 fully saturated rings. The van der Waals surface area contributed by atoms with E-state index in [1.807, 2.05) is 0 Å². The molecular weight excluding hydrogens is 227 g/mol. The van der Waals surface area contributed by atoms with Crippen LogP contribution in [0.2, 0.25) is 5.02 Å². The quantitative estimate of drug-likeness (QED) is 0.618. The van der Waals surface area contributed by atoms with Gasteiger partial charge in [-0.3, -0.25) is 11.3 Å². The van der Waals surface area contributed by atoms with Crippen LogP contribution >= 0.6 is 11.6 Å². The molecule has 2 atom stereocenters. The van der Waals surface area contributed by atoms with Gasteiger partial charge in [0, 0.05) is 6.04 Å². The van der Waals surface area contributed by atoms with Crippen molar-refractivity contribution in [2.75, 3.05) is 0 Å².